The summed E-state index contributed by atoms with van der Waals surface area (Å²) < 4.78 is 24.3. The summed E-state index contributed by atoms with van der Waals surface area (Å²) >= 11 is 1.54. The number of carbonyl (C=O) groups is 2. The second kappa shape index (κ2) is 6.68. The topological polar surface area (TPSA) is 109 Å². The van der Waals surface area contributed by atoms with Gasteiger partial charge in [-0.1, -0.05) is 0 Å². The monoisotopic (exact) mass is 406 g/mol. The summed E-state index contributed by atoms with van der Waals surface area (Å²) in [6.07, 6.45) is 0.742. The van der Waals surface area contributed by atoms with Crippen LogP contribution in [0.2, 0.25) is 0 Å². The lowest BCUT2D eigenvalue weighted by atomic mass is 10.1. The van der Waals surface area contributed by atoms with Gasteiger partial charge in [-0.2, -0.15) is 5.10 Å². The SMILES string of the molecule is Cc1nc2ccc(NC(=O)C3=NN([C@@H]4CCS(=O)(=O)C4)C(=O)CC3)cc2s1. The number of carbonyl (C=O) groups excluding carboxylic acids is 2. The van der Waals surface area contributed by atoms with Crippen LogP contribution in [0.1, 0.15) is 24.3 Å². The van der Waals surface area contributed by atoms with E-state index in [1.807, 2.05) is 19.1 Å². The van der Waals surface area contributed by atoms with E-state index in [0.717, 1.165) is 15.2 Å². The number of thiazole rings is 1. The molecule has 0 radical (unpaired) electrons. The molecule has 3 heterocycles. The number of sulfone groups is 1. The van der Waals surface area contributed by atoms with Gasteiger partial charge in [0.1, 0.15) is 5.71 Å². The molecule has 1 saturated heterocycles. The summed E-state index contributed by atoms with van der Waals surface area (Å²) in [7, 11) is -3.14. The maximum atomic E-state index is 12.6. The average Bonchev–Trinajstić information content (AvgIpc) is 3.15. The lowest BCUT2D eigenvalue weighted by molar-refractivity contribution is -0.133. The standard InChI is InChI=1S/C17H18N4O4S2/c1-10-18-13-3-2-11(8-15(13)26-10)19-17(23)14-4-5-16(22)21(20-14)12-6-7-27(24,25)9-12/h2-3,8,12H,4-7,9H2,1H3,(H,19,23)/t12-/m1/s1. The van der Waals surface area contributed by atoms with E-state index in [1.165, 1.54) is 5.01 Å². The Bertz CT molecular complexity index is 1070. The van der Waals surface area contributed by atoms with E-state index in [1.54, 1.807) is 17.4 Å². The number of anilines is 1. The number of hydrogen-bond donors (Lipinski definition) is 1. The highest BCUT2D eigenvalue weighted by Gasteiger charge is 2.37. The third-order valence-electron chi connectivity index (χ3n) is 4.63. The minimum Gasteiger partial charge on any atom is -0.321 e. The van der Waals surface area contributed by atoms with Crippen LogP contribution in [0.4, 0.5) is 5.69 Å². The molecule has 0 unspecified atom stereocenters. The highest BCUT2D eigenvalue weighted by atomic mass is 32.2. The second-order valence-electron chi connectivity index (χ2n) is 6.71. The van der Waals surface area contributed by atoms with Gasteiger partial charge in [0.2, 0.25) is 5.91 Å². The molecule has 0 spiro atoms. The lowest BCUT2D eigenvalue weighted by Gasteiger charge is -2.27. The normalized spacial score (nSPS) is 22.1. The Morgan fingerprint density at radius 3 is 2.89 bits per heavy atom. The van der Waals surface area contributed by atoms with Crippen molar-refractivity contribution < 1.29 is 18.0 Å². The van der Waals surface area contributed by atoms with Crippen molar-refractivity contribution >= 4 is 54.6 Å². The van der Waals surface area contributed by atoms with E-state index in [2.05, 4.69) is 15.4 Å². The Morgan fingerprint density at radius 2 is 2.15 bits per heavy atom. The lowest BCUT2D eigenvalue weighted by Crippen LogP contribution is -2.42. The van der Waals surface area contributed by atoms with Crippen LogP contribution in [-0.4, -0.2) is 53.5 Å². The molecule has 2 amide bonds. The number of aryl methyl sites for hydroxylation is 1. The van der Waals surface area contributed by atoms with Gasteiger partial charge in [-0.05, 0) is 31.5 Å². The molecule has 1 N–H and O–H groups in total. The molecule has 0 aliphatic carbocycles. The van der Waals surface area contributed by atoms with E-state index < -0.39 is 15.9 Å². The van der Waals surface area contributed by atoms with Crippen LogP contribution in [0.3, 0.4) is 0 Å². The molecular weight excluding hydrogens is 388 g/mol. The predicted molar refractivity (Wildman–Crippen MR) is 104 cm³/mol. The van der Waals surface area contributed by atoms with E-state index in [4.69, 9.17) is 0 Å². The fraction of sp³-hybridized carbons (Fsp3) is 0.412. The molecule has 10 heteroatoms. The molecule has 27 heavy (non-hydrogen) atoms. The zero-order valence-corrected chi connectivity index (χ0v) is 16.3. The van der Waals surface area contributed by atoms with Crippen molar-refractivity contribution in [2.45, 2.75) is 32.2 Å². The number of aromatic nitrogens is 1. The van der Waals surface area contributed by atoms with E-state index in [0.29, 0.717) is 12.1 Å². The zero-order valence-electron chi connectivity index (χ0n) is 14.6. The number of rotatable bonds is 3. The maximum Gasteiger partial charge on any atom is 0.271 e. The van der Waals surface area contributed by atoms with Gasteiger partial charge in [0.15, 0.2) is 9.84 Å². The minimum atomic E-state index is -3.14. The number of amides is 2. The Labute approximate surface area is 160 Å². The van der Waals surface area contributed by atoms with Gasteiger partial charge in [0.05, 0.1) is 32.8 Å². The number of nitrogens with zero attached hydrogens (tertiary/aromatic N) is 3. The molecule has 1 aromatic carbocycles. The summed E-state index contributed by atoms with van der Waals surface area (Å²) in [5, 5.41) is 9.14. The van der Waals surface area contributed by atoms with Crippen LogP contribution in [0.15, 0.2) is 23.3 Å². The van der Waals surface area contributed by atoms with Gasteiger partial charge < -0.3 is 5.32 Å². The van der Waals surface area contributed by atoms with Crippen molar-refractivity contribution in [2.24, 2.45) is 5.10 Å². The van der Waals surface area contributed by atoms with Gasteiger partial charge >= 0.3 is 0 Å². The smallest absolute Gasteiger partial charge is 0.271 e. The van der Waals surface area contributed by atoms with Gasteiger partial charge in [-0.3, -0.25) is 9.59 Å². The van der Waals surface area contributed by atoms with Crippen LogP contribution >= 0.6 is 11.3 Å². The number of nitrogens with one attached hydrogen (secondary N) is 1. The van der Waals surface area contributed by atoms with Crippen LogP contribution in [0, 0.1) is 6.92 Å². The largest absolute Gasteiger partial charge is 0.321 e. The first-order chi connectivity index (χ1) is 12.8. The van der Waals surface area contributed by atoms with Crippen LogP contribution in [0.25, 0.3) is 10.2 Å². The molecular formula is C17H18N4O4S2. The molecule has 2 aliphatic rings. The van der Waals surface area contributed by atoms with Crippen molar-refractivity contribution in [1.82, 2.24) is 9.99 Å². The van der Waals surface area contributed by atoms with Crippen molar-refractivity contribution in [3.05, 3.63) is 23.2 Å². The quantitative estimate of drug-likeness (QED) is 0.835. The molecule has 1 aromatic heterocycles. The highest BCUT2D eigenvalue weighted by Crippen LogP contribution is 2.26. The first kappa shape index (κ1) is 18.1. The predicted octanol–water partition coefficient (Wildman–Crippen LogP) is 1.71. The summed E-state index contributed by atoms with van der Waals surface area (Å²) in [6.45, 7) is 1.93. The summed E-state index contributed by atoms with van der Waals surface area (Å²) in [4.78, 5) is 29.1. The number of benzene rings is 1. The number of fused-ring (bicyclic) bond motifs is 1. The molecule has 1 fully saturated rings. The molecule has 4 rings (SSSR count). The Hall–Kier alpha value is -2.33. The van der Waals surface area contributed by atoms with Gasteiger partial charge in [0.25, 0.3) is 5.91 Å². The first-order valence-electron chi connectivity index (χ1n) is 8.59. The fourth-order valence-corrected chi connectivity index (χ4v) is 5.87. The van der Waals surface area contributed by atoms with E-state index in [-0.39, 0.29) is 41.9 Å². The first-order valence-corrected chi connectivity index (χ1v) is 11.2. The molecule has 0 bridgehead atoms. The van der Waals surface area contributed by atoms with E-state index >= 15 is 0 Å². The van der Waals surface area contributed by atoms with Crippen LogP contribution in [0.5, 0.6) is 0 Å². The van der Waals surface area contributed by atoms with Crippen molar-refractivity contribution in [3.63, 3.8) is 0 Å². The minimum absolute atomic E-state index is 0.0484. The Morgan fingerprint density at radius 1 is 1.33 bits per heavy atom. The Balaban J connectivity index is 1.53. The zero-order chi connectivity index (χ0) is 19.2. The summed E-state index contributed by atoms with van der Waals surface area (Å²) in [5.41, 5.74) is 1.75. The van der Waals surface area contributed by atoms with Crippen LogP contribution in [-0.2, 0) is 19.4 Å². The average molecular weight is 406 g/mol. The van der Waals surface area contributed by atoms with Gasteiger partial charge in [0, 0.05) is 18.5 Å². The van der Waals surface area contributed by atoms with Gasteiger partial charge in [-0.15, -0.1) is 11.3 Å². The molecule has 8 nitrogen and oxygen atoms in total. The molecule has 2 aromatic rings. The van der Waals surface area contributed by atoms with Crippen molar-refractivity contribution in [1.29, 1.82) is 0 Å². The number of hydrazone groups is 1. The fourth-order valence-electron chi connectivity index (χ4n) is 3.31. The summed E-state index contributed by atoms with van der Waals surface area (Å²) in [6, 6.07) is 4.99. The molecule has 1 atom stereocenters. The molecule has 2 aliphatic heterocycles. The van der Waals surface area contributed by atoms with Crippen molar-refractivity contribution in [3.8, 4) is 0 Å². The highest BCUT2D eigenvalue weighted by molar-refractivity contribution is 7.91. The molecule has 142 valence electrons. The Kier molecular flexibility index (Phi) is 4.47. The molecule has 0 saturated carbocycles. The third kappa shape index (κ3) is 3.72. The third-order valence-corrected chi connectivity index (χ3v) is 7.31. The van der Waals surface area contributed by atoms with Crippen molar-refractivity contribution in [2.75, 3.05) is 16.8 Å². The number of hydrogen-bond acceptors (Lipinski definition) is 7. The second-order valence-corrected chi connectivity index (χ2v) is 10.2. The maximum absolute atomic E-state index is 12.6. The van der Waals surface area contributed by atoms with Crippen LogP contribution < -0.4 is 5.32 Å². The van der Waals surface area contributed by atoms with E-state index in [9.17, 15) is 18.0 Å². The summed E-state index contributed by atoms with van der Waals surface area (Å²) in [5.74, 6) is -0.671. The van der Waals surface area contributed by atoms with Gasteiger partial charge in [-0.25, -0.2) is 18.4 Å².